The zero-order valence-corrected chi connectivity index (χ0v) is 18.7. The number of nitrogens with one attached hydrogen (secondary N) is 1. The van der Waals surface area contributed by atoms with Gasteiger partial charge >= 0.3 is 0 Å². The number of sulfonamides is 1. The molecule has 0 aliphatic heterocycles. The van der Waals surface area contributed by atoms with Gasteiger partial charge in [0.25, 0.3) is 5.91 Å². The van der Waals surface area contributed by atoms with Crippen molar-refractivity contribution in [1.29, 1.82) is 0 Å². The number of anilines is 1. The van der Waals surface area contributed by atoms with Crippen LogP contribution in [0, 0.1) is 5.82 Å². The van der Waals surface area contributed by atoms with E-state index in [4.69, 9.17) is 10.9 Å². The van der Waals surface area contributed by atoms with Gasteiger partial charge in [-0.25, -0.2) is 17.9 Å². The molecule has 0 atom stereocenters. The van der Waals surface area contributed by atoms with Gasteiger partial charge in [0.15, 0.2) is 0 Å². The van der Waals surface area contributed by atoms with Gasteiger partial charge in [-0.15, -0.1) is 0 Å². The Morgan fingerprint density at radius 1 is 0.912 bits per heavy atom. The molecule has 0 aliphatic rings. The Morgan fingerprint density at radius 2 is 1.62 bits per heavy atom. The summed E-state index contributed by atoms with van der Waals surface area (Å²) in [7, 11) is -3.89. The summed E-state index contributed by atoms with van der Waals surface area (Å²) in [5.41, 5.74) is 9.24. The van der Waals surface area contributed by atoms with Crippen molar-refractivity contribution in [2.75, 3.05) is 5.32 Å². The summed E-state index contributed by atoms with van der Waals surface area (Å²) in [6.45, 7) is 0.0605. The number of nitrogens with two attached hydrogens (primary N) is 2. The molecule has 0 saturated carbocycles. The second-order valence-electron chi connectivity index (χ2n) is 7.55. The highest BCUT2D eigenvalue weighted by molar-refractivity contribution is 7.89. The van der Waals surface area contributed by atoms with Crippen molar-refractivity contribution in [3.63, 3.8) is 0 Å². The van der Waals surface area contributed by atoms with E-state index in [2.05, 4.69) is 10.3 Å². The normalized spacial score (nSPS) is 11.3. The van der Waals surface area contributed by atoms with Gasteiger partial charge in [-0.05, 0) is 47.5 Å². The number of pyridine rings is 1. The highest BCUT2D eigenvalue weighted by Gasteiger charge is 2.15. The first-order valence-electron chi connectivity index (χ1n) is 10.2. The van der Waals surface area contributed by atoms with Gasteiger partial charge in [-0.3, -0.25) is 9.78 Å². The summed E-state index contributed by atoms with van der Waals surface area (Å²) in [5, 5.41) is 8.11. The molecule has 5 N–H and O–H groups in total. The van der Waals surface area contributed by atoms with Crippen LogP contribution in [-0.2, 0) is 16.6 Å². The topological polar surface area (TPSA) is 128 Å². The number of aromatic nitrogens is 1. The first-order chi connectivity index (χ1) is 16.3. The highest BCUT2D eigenvalue weighted by atomic mass is 32.2. The number of halogens is 1. The average molecular weight is 477 g/mol. The third-order valence-corrected chi connectivity index (χ3v) is 6.22. The van der Waals surface area contributed by atoms with Gasteiger partial charge in [-0.2, -0.15) is 0 Å². The monoisotopic (exact) mass is 476 g/mol. The molecule has 172 valence electrons. The number of hydrogen-bond acceptors (Lipinski definition) is 5. The largest absolute Gasteiger partial charge is 0.326 e. The standard InChI is InChI=1S/C25H21FN4O3S/c26-23-10-7-17(11-18(23)13-27)19-12-20(15-29-14-19)25(31)30-21-8-5-16(6-9-21)22-3-1-2-4-24(22)34(28,32)33/h1-12,14-15H,13,27H2,(H,30,31)(H2,28,32,33). The maximum atomic E-state index is 13.8. The minimum Gasteiger partial charge on any atom is -0.326 e. The van der Waals surface area contributed by atoms with Gasteiger partial charge in [0.05, 0.1) is 10.5 Å². The molecule has 9 heteroatoms. The molecule has 0 aliphatic carbocycles. The van der Waals surface area contributed by atoms with E-state index in [9.17, 15) is 17.6 Å². The Kier molecular flexibility index (Phi) is 6.51. The Hall–Kier alpha value is -3.92. The number of nitrogens with zero attached hydrogens (tertiary/aromatic N) is 1. The molecule has 0 spiro atoms. The number of carbonyl (C=O) groups excluding carboxylic acids is 1. The van der Waals surface area contributed by atoms with Crippen molar-refractivity contribution < 1.29 is 17.6 Å². The van der Waals surface area contributed by atoms with Crippen LogP contribution in [0.4, 0.5) is 10.1 Å². The van der Waals surface area contributed by atoms with Crippen LogP contribution < -0.4 is 16.2 Å². The highest BCUT2D eigenvalue weighted by Crippen LogP contribution is 2.28. The second kappa shape index (κ2) is 9.52. The van der Waals surface area contributed by atoms with Gasteiger partial charge in [-0.1, -0.05) is 36.4 Å². The zero-order valence-electron chi connectivity index (χ0n) is 17.9. The van der Waals surface area contributed by atoms with E-state index < -0.39 is 10.0 Å². The zero-order chi connectivity index (χ0) is 24.3. The fourth-order valence-corrected chi connectivity index (χ4v) is 4.28. The molecule has 4 rings (SSSR count). The lowest BCUT2D eigenvalue weighted by atomic mass is 10.0. The molecule has 1 heterocycles. The van der Waals surface area contributed by atoms with E-state index in [0.717, 1.165) is 0 Å². The molecule has 1 aromatic heterocycles. The van der Waals surface area contributed by atoms with E-state index in [-0.39, 0.29) is 23.2 Å². The van der Waals surface area contributed by atoms with Gasteiger partial charge in [0.2, 0.25) is 10.0 Å². The summed E-state index contributed by atoms with van der Waals surface area (Å²) in [6.07, 6.45) is 3.02. The summed E-state index contributed by atoms with van der Waals surface area (Å²) < 4.78 is 37.5. The quantitative estimate of drug-likeness (QED) is 0.389. The van der Waals surface area contributed by atoms with Crippen molar-refractivity contribution >= 4 is 21.6 Å². The van der Waals surface area contributed by atoms with E-state index in [1.807, 2.05) is 0 Å². The molecule has 0 saturated heterocycles. The summed E-state index contributed by atoms with van der Waals surface area (Å²) >= 11 is 0. The maximum absolute atomic E-state index is 13.8. The Labute approximate surface area is 196 Å². The SMILES string of the molecule is NCc1cc(-c2cncc(C(=O)Nc3ccc(-c4ccccc4S(N)(=O)=O)cc3)c2)ccc1F. The van der Waals surface area contributed by atoms with Crippen LogP contribution in [0.1, 0.15) is 15.9 Å². The number of hydrogen-bond donors (Lipinski definition) is 3. The third kappa shape index (κ3) is 5.01. The summed E-state index contributed by atoms with van der Waals surface area (Å²) in [4.78, 5) is 16.9. The third-order valence-electron chi connectivity index (χ3n) is 5.25. The first-order valence-corrected chi connectivity index (χ1v) is 11.8. The minimum absolute atomic E-state index is 0.0215. The molecule has 3 aromatic carbocycles. The van der Waals surface area contributed by atoms with Gasteiger partial charge in [0, 0.05) is 41.3 Å². The minimum atomic E-state index is -3.89. The van der Waals surface area contributed by atoms with Crippen LogP contribution in [-0.4, -0.2) is 19.3 Å². The summed E-state index contributed by atoms with van der Waals surface area (Å²) in [6, 6.07) is 19.4. The van der Waals surface area contributed by atoms with Crippen molar-refractivity contribution in [2.24, 2.45) is 10.9 Å². The van der Waals surface area contributed by atoms with E-state index in [1.165, 1.54) is 18.3 Å². The van der Waals surface area contributed by atoms with Crippen LogP contribution in [0.5, 0.6) is 0 Å². The number of primary sulfonamides is 1. The van der Waals surface area contributed by atoms with Gasteiger partial charge in [0.1, 0.15) is 5.82 Å². The number of benzene rings is 3. The molecule has 0 unspecified atom stereocenters. The molecule has 7 nitrogen and oxygen atoms in total. The lowest BCUT2D eigenvalue weighted by molar-refractivity contribution is 0.102. The number of amides is 1. The fraction of sp³-hybridized carbons (Fsp3) is 0.0400. The average Bonchev–Trinajstić information content (AvgIpc) is 2.84. The molecule has 0 bridgehead atoms. The molecular weight excluding hydrogens is 455 g/mol. The van der Waals surface area contributed by atoms with Gasteiger partial charge < -0.3 is 11.1 Å². The van der Waals surface area contributed by atoms with E-state index in [0.29, 0.717) is 39.1 Å². The van der Waals surface area contributed by atoms with Crippen molar-refractivity contribution in [2.45, 2.75) is 11.4 Å². The molecule has 4 aromatic rings. The van der Waals surface area contributed by atoms with Crippen LogP contribution >= 0.6 is 0 Å². The lowest BCUT2D eigenvalue weighted by Gasteiger charge is -2.10. The van der Waals surface area contributed by atoms with Crippen LogP contribution in [0.15, 0.2) is 90.1 Å². The molecule has 0 radical (unpaired) electrons. The lowest BCUT2D eigenvalue weighted by Crippen LogP contribution is -2.13. The van der Waals surface area contributed by atoms with Crippen LogP contribution in [0.3, 0.4) is 0 Å². The Balaban J connectivity index is 1.55. The smallest absolute Gasteiger partial charge is 0.257 e. The summed E-state index contributed by atoms with van der Waals surface area (Å²) in [5.74, 6) is -0.767. The molecule has 34 heavy (non-hydrogen) atoms. The van der Waals surface area contributed by atoms with Crippen molar-refractivity contribution in [1.82, 2.24) is 4.98 Å². The predicted molar refractivity (Wildman–Crippen MR) is 129 cm³/mol. The molecule has 0 fully saturated rings. The van der Waals surface area contributed by atoms with Crippen LogP contribution in [0.25, 0.3) is 22.3 Å². The fourth-order valence-electron chi connectivity index (χ4n) is 3.52. The van der Waals surface area contributed by atoms with E-state index >= 15 is 0 Å². The van der Waals surface area contributed by atoms with E-state index in [1.54, 1.807) is 66.9 Å². The number of carbonyl (C=O) groups is 1. The molecular formula is C25H21FN4O3S. The maximum Gasteiger partial charge on any atom is 0.257 e. The number of rotatable bonds is 6. The van der Waals surface area contributed by atoms with Crippen molar-refractivity contribution in [3.8, 4) is 22.3 Å². The van der Waals surface area contributed by atoms with Crippen molar-refractivity contribution in [3.05, 3.63) is 102 Å². The Morgan fingerprint density at radius 3 is 2.32 bits per heavy atom. The molecule has 1 amide bonds. The second-order valence-corrected chi connectivity index (χ2v) is 9.08. The van der Waals surface area contributed by atoms with Crippen LogP contribution in [0.2, 0.25) is 0 Å². The first kappa shape index (κ1) is 23.2. The predicted octanol–water partition coefficient (Wildman–Crippen LogP) is 3.91. The Bertz CT molecular complexity index is 1470.